The summed E-state index contributed by atoms with van der Waals surface area (Å²) in [5.41, 5.74) is -0.219. The van der Waals surface area contributed by atoms with Crippen molar-refractivity contribution in [2.45, 2.75) is 20.0 Å². The van der Waals surface area contributed by atoms with Gasteiger partial charge >= 0.3 is 12.3 Å². The number of methoxy groups -OCH3 is 1. The number of nitrogens with one attached hydrogen (secondary N) is 1. The summed E-state index contributed by atoms with van der Waals surface area (Å²) in [6, 6.07) is 3.25. The number of carbonyl (C=O) groups is 1. The summed E-state index contributed by atoms with van der Waals surface area (Å²) in [4.78, 5) is 13.1. The molecule has 0 saturated carbocycles. The molecule has 20 heavy (non-hydrogen) atoms. The molecule has 0 fully saturated rings. The Morgan fingerprint density at radius 2 is 1.90 bits per heavy atom. The molecule has 0 saturated heterocycles. The summed E-state index contributed by atoms with van der Waals surface area (Å²) in [6.07, 6.45) is -5.27. The van der Waals surface area contributed by atoms with Gasteiger partial charge in [-0.3, -0.25) is 5.32 Å². The summed E-state index contributed by atoms with van der Waals surface area (Å²) in [5.74, 6) is 0. The Bertz CT molecular complexity index is 471. The van der Waals surface area contributed by atoms with Gasteiger partial charge in [0.15, 0.2) is 0 Å². The van der Waals surface area contributed by atoms with Gasteiger partial charge < -0.3 is 9.64 Å². The highest BCUT2D eigenvalue weighted by Crippen LogP contribution is 2.35. The van der Waals surface area contributed by atoms with Crippen LogP contribution in [0.15, 0.2) is 18.2 Å². The Balaban J connectivity index is 3.26. The molecule has 1 aromatic rings. The monoisotopic (exact) mass is 290 g/mol. The van der Waals surface area contributed by atoms with Crippen LogP contribution < -0.4 is 10.2 Å². The molecule has 7 heteroatoms. The number of rotatable bonds is 4. The molecule has 1 amide bonds. The molecule has 0 unspecified atom stereocenters. The third-order valence-electron chi connectivity index (χ3n) is 2.85. The minimum absolute atomic E-state index is 0.0791. The van der Waals surface area contributed by atoms with Gasteiger partial charge in [-0.05, 0) is 32.0 Å². The van der Waals surface area contributed by atoms with Crippen molar-refractivity contribution in [1.29, 1.82) is 0 Å². The fourth-order valence-corrected chi connectivity index (χ4v) is 1.81. The fourth-order valence-electron chi connectivity index (χ4n) is 1.81. The van der Waals surface area contributed by atoms with Crippen molar-refractivity contribution in [3.8, 4) is 0 Å². The van der Waals surface area contributed by atoms with Gasteiger partial charge in [0.05, 0.1) is 24.0 Å². The maximum atomic E-state index is 12.7. The lowest BCUT2D eigenvalue weighted by Crippen LogP contribution is -2.24. The van der Waals surface area contributed by atoms with Gasteiger partial charge in [0, 0.05) is 13.1 Å². The number of halogens is 3. The Kier molecular flexibility index (Phi) is 5.24. The molecule has 0 atom stereocenters. The lowest BCUT2D eigenvalue weighted by atomic mass is 10.1. The van der Waals surface area contributed by atoms with E-state index in [0.717, 1.165) is 19.2 Å². The minimum atomic E-state index is -4.46. The SMILES string of the molecule is CCN(CC)c1ccc(C(F)(F)F)cc1NC(=O)OC. The highest BCUT2D eigenvalue weighted by molar-refractivity contribution is 5.90. The van der Waals surface area contributed by atoms with Gasteiger partial charge in [0.25, 0.3) is 0 Å². The lowest BCUT2D eigenvalue weighted by Gasteiger charge is -2.24. The highest BCUT2D eigenvalue weighted by atomic mass is 19.4. The first-order valence-corrected chi connectivity index (χ1v) is 6.14. The summed E-state index contributed by atoms with van der Waals surface area (Å²) >= 11 is 0. The molecule has 1 N–H and O–H groups in total. The van der Waals surface area contributed by atoms with Gasteiger partial charge in [-0.1, -0.05) is 0 Å². The van der Waals surface area contributed by atoms with Crippen molar-refractivity contribution < 1.29 is 22.7 Å². The maximum absolute atomic E-state index is 12.7. The summed E-state index contributed by atoms with van der Waals surface area (Å²) in [6.45, 7) is 4.97. The number of benzene rings is 1. The first kappa shape index (κ1) is 16.1. The topological polar surface area (TPSA) is 41.6 Å². The van der Waals surface area contributed by atoms with Gasteiger partial charge in [-0.15, -0.1) is 0 Å². The van der Waals surface area contributed by atoms with Crippen LogP contribution in [0.2, 0.25) is 0 Å². The molecular formula is C13H17F3N2O2. The van der Waals surface area contributed by atoms with Crippen LogP contribution in [-0.2, 0) is 10.9 Å². The zero-order valence-corrected chi connectivity index (χ0v) is 11.5. The van der Waals surface area contributed by atoms with E-state index >= 15 is 0 Å². The van der Waals surface area contributed by atoms with E-state index in [1.807, 2.05) is 18.7 Å². The maximum Gasteiger partial charge on any atom is 0.416 e. The zero-order valence-electron chi connectivity index (χ0n) is 11.5. The van der Waals surface area contributed by atoms with E-state index in [2.05, 4.69) is 10.1 Å². The van der Waals surface area contributed by atoms with Crippen LogP contribution in [0, 0.1) is 0 Å². The largest absolute Gasteiger partial charge is 0.453 e. The van der Waals surface area contributed by atoms with E-state index in [4.69, 9.17) is 0 Å². The molecule has 0 aliphatic heterocycles. The van der Waals surface area contributed by atoms with Crippen molar-refractivity contribution in [2.75, 3.05) is 30.4 Å². The summed E-state index contributed by atoms with van der Waals surface area (Å²) in [7, 11) is 1.15. The predicted molar refractivity (Wildman–Crippen MR) is 71.0 cm³/mol. The molecule has 0 heterocycles. The van der Waals surface area contributed by atoms with Crippen molar-refractivity contribution in [3.05, 3.63) is 23.8 Å². The Labute approximate surface area is 115 Å². The zero-order chi connectivity index (χ0) is 15.3. The molecule has 0 spiro atoms. The molecule has 0 radical (unpaired) electrons. The first-order valence-electron chi connectivity index (χ1n) is 6.14. The number of nitrogens with zero attached hydrogens (tertiary/aromatic N) is 1. The van der Waals surface area contributed by atoms with Crippen LogP contribution in [0.5, 0.6) is 0 Å². The van der Waals surface area contributed by atoms with Gasteiger partial charge in [0.2, 0.25) is 0 Å². The lowest BCUT2D eigenvalue weighted by molar-refractivity contribution is -0.137. The predicted octanol–water partition coefficient (Wildman–Crippen LogP) is 3.73. The van der Waals surface area contributed by atoms with Crippen LogP contribution in [0.3, 0.4) is 0 Å². The average Bonchev–Trinajstić information content (AvgIpc) is 2.40. The smallest absolute Gasteiger partial charge is 0.416 e. The highest BCUT2D eigenvalue weighted by Gasteiger charge is 2.31. The molecular weight excluding hydrogens is 273 g/mol. The summed E-state index contributed by atoms with van der Waals surface area (Å²) < 4.78 is 42.6. The number of carbonyl (C=O) groups excluding carboxylic acids is 1. The van der Waals surface area contributed by atoms with Gasteiger partial charge in [0.1, 0.15) is 0 Å². The third-order valence-corrected chi connectivity index (χ3v) is 2.85. The van der Waals surface area contributed by atoms with Crippen LogP contribution in [-0.4, -0.2) is 26.3 Å². The number of hydrogen-bond acceptors (Lipinski definition) is 3. The van der Waals surface area contributed by atoms with E-state index in [1.54, 1.807) is 0 Å². The molecule has 0 bridgehead atoms. The number of amides is 1. The minimum Gasteiger partial charge on any atom is -0.453 e. The van der Waals surface area contributed by atoms with E-state index in [1.165, 1.54) is 6.07 Å². The second kappa shape index (κ2) is 6.49. The second-order valence-corrected chi connectivity index (χ2v) is 4.02. The molecule has 0 aliphatic rings. The van der Waals surface area contributed by atoms with Crippen LogP contribution in [0.4, 0.5) is 29.3 Å². The van der Waals surface area contributed by atoms with E-state index < -0.39 is 17.8 Å². The average molecular weight is 290 g/mol. The van der Waals surface area contributed by atoms with Gasteiger partial charge in [-0.25, -0.2) is 4.79 Å². The molecule has 0 aliphatic carbocycles. The number of ether oxygens (including phenoxy) is 1. The Morgan fingerprint density at radius 3 is 2.35 bits per heavy atom. The van der Waals surface area contributed by atoms with Crippen molar-refractivity contribution in [2.24, 2.45) is 0 Å². The third kappa shape index (κ3) is 3.79. The van der Waals surface area contributed by atoms with Crippen LogP contribution in [0.25, 0.3) is 0 Å². The van der Waals surface area contributed by atoms with E-state index in [0.29, 0.717) is 18.8 Å². The number of hydrogen-bond donors (Lipinski definition) is 1. The normalized spacial score (nSPS) is 11.1. The molecule has 1 rings (SSSR count). The van der Waals surface area contributed by atoms with Crippen molar-refractivity contribution in [1.82, 2.24) is 0 Å². The fraction of sp³-hybridized carbons (Fsp3) is 0.462. The molecule has 1 aromatic carbocycles. The second-order valence-electron chi connectivity index (χ2n) is 4.02. The first-order chi connectivity index (χ1) is 9.33. The molecule has 0 aromatic heterocycles. The standard InChI is InChI=1S/C13H17F3N2O2/c1-4-18(5-2)11-7-6-9(13(14,15)16)8-10(11)17-12(19)20-3/h6-8H,4-5H2,1-3H3,(H,17,19). The Morgan fingerprint density at radius 1 is 1.30 bits per heavy atom. The van der Waals surface area contributed by atoms with Crippen LogP contribution in [0.1, 0.15) is 19.4 Å². The number of alkyl halides is 3. The van der Waals surface area contributed by atoms with Crippen molar-refractivity contribution in [3.63, 3.8) is 0 Å². The number of anilines is 2. The molecule has 112 valence electrons. The quantitative estimate of drug-likeness (QED) is 0.918. The van der Waals surface area contributed by atoms with Crippen molar-refractivity contribution >= 4 is 17.5 Å². The Hall–Kier alpha value is -1.92. The van der Waals surface area contributed by atoms with Crippen LogP contribution >= 0.6 is 0 Å². The van der Waals surface area contributed by atoms with E-state index in [-0.39, 0.29) is 5.69 Å². The van der Waals surface area contributed by atoms with E-state index in [9.17, 15) is 18.0 Å². The molecule has 4 nitrogen and oxygen atoms in total. The van der Waals surface area contributed by atoms with Gasteiger partial charge in [-0.2, -0.15) is 13.2 Å². The summed E-state index contributed by atoms with van der Waals surface area (Å²) in [5, 5.41) is 2.32.